The van der Waals surface area contributed by atoms with Gasteiger partial charge < -0.3 is 10.1 Å². The summed E-state index contributed by atoms with van der Waals surface area (Å²) < 4.78 is 6.08. The molecule has 1 aromatic carbocycles. The van der Waals surface area contributed by atoms with Crippen molar-refractivity contribution in [2.75, 3.05) is 11.9 Å². The van der Waals surface area contributed by atoms with Crippen LogP contribution in [-0.4, -0.2) is 18.6 Å². The molecule has 3 nitrogen and oxygen atoms in total. The Morgan fingerprint density at radius 3 is 2.67 bits per heavy atom. The largest absolute Gasteiger partial charge is 0.464 e. The molecule has 0 bridgehead atoms. The lowest BCUT2D eigenvalue weighted by Crippen LogP contribution is -2.31. The molecule has 0 aliphatic heterocycles. The van der Waals surface area contributed by atoms with Crippen LogP contribution in [0.4, 0.5) is 5.69 Å². The predicted octanol–water partition coefficient (Wildman–Crippen LogP) is 3.90. The van der Waals surface area contributed by atoms with Gasteiger partial charge in [-0.25, -0.2) is 4.79 Å². The fourth-order valence-electron chi connectivity index (χ4n) is 1.80. The van der Waals surface area contributed by atoms with E-state index in [4.69, 9.17) is 4.74 Å². The van der Waals surface area contributed by atoms with Gasteiger partial charge in [0.2, 0.25) is 0 Å². The second-order valence-corrected chi connectivity index (χ2v) is 5.17. The Balaban J connectivity index is 2.78. The van der Waals surface area contributed by atoms with Crippen molar-refractivity contribution >= 4 is 27.6 Å². The highest BCUT2D eigenvalue weighted by Gasteiger charge is 2.18. The smallest absolute Gasteiger partial charge is 0.328 e. The van der Waals surface area contributed by atoms with Crippen LogP contribution in [0.25, 0.3) is 0 Å². The average molecular weight is 314 g/mol. The molecule has 0 aliphatic carbocycles. The molecule has 4 heteroatoms. The second kappa shape index (κ2) is 7.41. The van der Waals surface area contributed by atoms with Gasteiger partial charge in [0.25, 0.3) is 0 Å². The highest BCUT2D eigenvalue weighted by Crippen LogP contribution is 2.20. The zero-order chi connectivity index (χ0) is 13.5. The number of benzene rings is 1. The fourth-order valence-corrected chi connectivity index (χ4v) is 2.41. The van der Waals surface area contributed by atoms with E-state index in [1.807, 2.05) is 32.0 Å². The minimum atomic E-state index is -0.274. The van der Waals surface area contributed by atoms with Crippen LogP contribution in [-0.2, 0) is 9.53 Å². The minimum Gasteiger partial charge on any atom is -0.464 e. The molecular formula is C14H20BrNO2. The molecule has 1 rings (SSSR count). The summed E-state index contributed by atoms with van der Waals surface area (Å²) in [4.78, 5) is 11.8. The van der Waals surface area contributed by atoms with Gasteiger partial charge in [-0.2, -0.15) is 0 Å². The van der Waals surface area contributed by atoms with Crippen LogP contribution in [0.2, 0.25) is 0 Å². The van der Waals surface area contributed by atoms with Gasteiger partial charge in [0.1, 0.15) is 6.04 Å². The molecule has 0 amide bonds. The van der Waals surface area contributed by atoms with Crippen molar-refractivity contribution < 1.29 is 9.53 Å². The second-order valence-electron chi connectivity index (χ2n) is 4.25. The lowest BCUT2D eigenvalue weighted by molar-refractivity contribution is -0.144. The molecule has 1 aromatic rings. The first kappa shape index (κ1) is 15.0. The monoisotopic (exact) mass is 313 g/mol. The number of ether oxygens (including phenoxy) is 1. The number of hydrogen-bond donors (Lipinski definition) is 1. The summed E-state index contributed by atoms with van der Waals surface area (Å²) in [5.41, 5.74) is 2.08. The van der Waals surface area contributed by atoms with Crippen molar-refractivity contribution in [3.63, 3.8) is 0 Å². The number of rotatable bonds is 6. The Morgan fingerprint density at radius 1 is 1.39 bits per heavy atom. The predicted molar refractivity (Wildman–Crippen MR) is 77.8 cm³/mol. The van der Waals surface area contributed by atoms with Gasteiger partial charge in [-0.3, -0.25) is 0 Å². The van der Waals surface area contributed by atoms with Gasteiger partial charge >= 0.3 is 5.97 Å². The minimum absolute atomic E-state index is 0.183. The molecule has 0 aliphatic rings. The molecule has 0 saturated carbocycles. The third kappa shape index (κ3) is 4.69. The van der Waals surface area contributed by atoms with Crippen molar-refractivity contribution in [3.05, 3.63) is 28.2 Å². The Morgan fingerprint density at radius 2 is 2.11 bits per heavy atom. The molecular weight excluding hydrogens is 294 g/mol. The fraction of sp³-hybridized carbons (Fsp3) is 0.500. The number of aryl methyl sites for hydroxylation is 1. The van der Waals surface area contributed by atoms with Gasteiger partial charge in [0, 0.05) is 10.2 Å². The summed E-state index contributed by atoms with van der Waals surface area (Å²) in [5, 5.41) is 3.24. The molecule has 0 saturated heterocycles. The zero-order valence-electron chi connectivity index (χ0n) is 11.1. The van der Waals surface area contributed by atoms with Crippen molar-refractivity contribution in [2.45, 2.75) is 39.7 Å². The van der Waals surface area contributed by atoms with Crippen LogP contribution in [0.3, 0.4) is 0 Å². The van der Waals surface area contributed by atoms with Crippen molar-refractivity contribution in [1.29, 1.82) is 0 Å². The van der Waals surface area contributed by atoms with E-state index in [9.17, 15) is 4.79 Å². The normalized spacial score (nSPS) is 12.0. The standard InChI is InChI=1S/C14H20BrNO2/c1-4-6-13(14(17)18-5-2)16-12-8-10(3)7-11(15)9-12/h7-9,13,16H,4-6H2,1-3H3. The van der Waals surface area contributed by atoms with Gasteiger partial charge in [-0.15, -0.1) is 0 Å². The first-order valence-electron chi connectivity index (χ1n) is 6.27. The highest BCUT2D eigenvalue weighted by molar-refractivity contribution is 9.10. The van der Waals surface area contributed by atoms with E-state index in [-0.39, 0.29) is 12.0 Å². The Hall–Kier alpha value is -1.03. The van der Waals surface area contributed by atoms with E-state index >= 15 is 0 Å². The number of hydrogen-bond acceptors (Lipinski definition) is 3. The van der Waals surface area contributed by atoms with E-state index in [1.165, 1.54) is 0 Å². The molecule has 0 radical (unpaired) electrons. The first-order chi connectivity index (χ1) is 8.56. The molecule has 0 fully saturated rings. The SMILES string of the molecule is CCCC(Nc1cc(C)cc(Br)c1)C(=O)OCC. The number of nitrogens with one attached hydrogen (secondary N) is 1. The van der Waals surface area contributed by atoms with Crippen LogP contribution >= 0.6 is 15.9 Å². The Kier molecular flexibility index (Phi) is 6.19. The summed E-state index contributed by atoms with van der Waals surface area (Å²) >= 11 is 3.45. The molecule has 0 spiro atoms. The summed E-state index contributed by atoms with van der Waals surface area (Å²) in [6.07, 6.45) is 1.70. The van der Waals surface area contributed by atoms with Crippen molar-refractivity contribution in [2.24, 2.45) is 0 Å². The topological polar surface area (TPSA) is 38.3 Å². The third-order valence-electron chi connectivity index (χ3n) is 2.53. The van der Waals surface area contributed by atoms with Gasteiger partial charge in [-0.05, 0) is 44.0 Å². The molecule has 100 valence electrons. The summed E-state index contributed by atoms with van der Waals surface area (Å²) in [6, 6.07) is 5.75. The average Bonchev–Trinajstić information content (AvgIpc) is 2.27. The molecule has 18 heavy (non-hydrogen) atoms. The summed E-state index contributed by atoms with van der Waals surface area (Å²) in [7, 11) is 0. The van der Waals surface area contributed by atoms with E-state index < -0.39 is 0 Å². The lowest BCUT2D eigenvalue weighted by atomic mass is 10.1. The van der Waals surface area contributed by atoms with Gasteiger partial charge in [0.15, 0.2) is 0 Å². The number of esters is 1. The molecule has 0 aromatic heterocycles. The number of carbonyl (C=O) groups excluding carboxylic acids is 1. The Labute approximate surface area is 117 Å². The van der Waals surface area contributed by atoms with Gasteiger partial charge in [-0.1, -0.05) is 29.3 Å². The van der Waals surface area contributed by atoms with Crippen LogP contribution < -0.4 is 5.32 Å². The zero-order valence-corrected chi connectivity index (χ0v) is 12.7. The molecule has 0 heterocycles. The molecule has 1 atom stereocenters. The third-order valence-corrected chi connectivity index (χ3v) is 2.99. The Bertz CT molecular complexity index is 387. The van der Waals surface area contributed by atoms with E-state index in [0.717, 1.165) is 28.6 Å². The van der Waals surface area contributed by atoms with Crippen molar-refractivity contribution in [1.82, 2.24) is 0 Å². The summed E-state index contributed by atoms with van der Waals surface area (Å²) in [5.74, 6) is -0.183. The number of anilines is 1. The van der Waals surface area contributed by atoms with Crippen LogP contribution in [0.1, 0.15) is 32.3 Å². The van der Waals surface area contributed by atoms with E-state index in [2.05, 4.69) is 28.2 Å². The maximum atomic E-state index is 11.8. The van der Waals surface area contributed by atoms with Crippen LogP contribution in [0, 0.1) is 6.92 Å². The maximum Gasteiger partial charge on any atom is 0.328 e. The van der Waals surface area contributed by atoms with E-state index in [1.54, 1.807) is 0 Å². The molecule has 1 unspecified atom stereocenters. The van der Waals surface area contributed by atoms with E-state index in [0.29, 0.717) is 6.61 Å². The van der Waals surface area contributed by atoms with Crippen LogP contribution in [0.15, 0.2) is 22.7 Å². The first-order valence-corrected chi connectivity index (χ1v) is 7.06. The maximum absolute atomic E-state index is 11.8. The number of carbonyl (C=O) groups is 1. The quantitative estimate of drug-likeness (QED) is 0.809. The highest BCUT2D eigenvalue weighted by atomic mass is 79.9. The summed E-state index contributed by atoms with van der Waals surface area (Å²) in [6.45, 7) is 6.32. The number of halogens is 1. The lowest BCUT2D eigenvalue weighted by Gasteiger charge is -2.18. The molecule has 1 N–H and O–H groups in total. The van der Waals surface area contributed by atoms with Crippen molar-refractivity contribution in [3.8, 4) is 0 Å². The van der Waals surface area contributed by atoms with Gasteiger partial charge in [0.05, 0.1) is 6.61 Å². The van der Waals surface area contributed by atoms with Crippen LogP contribution in [0.5, 0.6) is 0 Å².